The molecule has 4 amide bonds. The van der Waals surface area contributed by atoms with Crippen LogP contribution in [0.3, 0.4) is 0 Å². The first-order chi connectivity index (χ1) is 15.6. The van der Waals surface area contributed by atoms with E-state index < -0.39 is 26.5 Å². The molecule has 1 saturated carbocycles. The minimum atomic E-state index is -3.93. The predicted octanol–water partition coefficient (Wildman–Crippen LogP) is 3.08. The Bertz CT molecular complexity index is 1220. The quantitative estimate of drug-likeness (QED) is 0.632. The van der Waals surface area contributed by atoms with E-state index in [1.165, 1.54) is 0 Å². The zero-order chi connectivity index (χ0) is 23.8. The predicted molar refractivity (Wildman–Crippen MR) is 123 cm³/mol. The Morgan fingerprint density at radius 1 is 1.09 bits per heavy atom. The SMILES string of the molecule is Cc1ccc(C)c(S(=O)(=O)C2(C(=O)Nc3cccc(CN4C(=O)CNC4=O)c3)CCCC2)c1. The lowest BCUT2D eigenvalue weighted by Gasteiger charge is -2.28. The Morgan fingerprint density at radius 3 is 2.48 bits per heavy atom. The third-order valence-electron chi connectivity index (χ3n) is 6.44. The summed E-state index contributed by atoms with van der Waals surface area (Å²) in [6, 6.07) is 11.6. The van der Waals surface area contributed by atoms with Crippen LogP contribution in [-0.4, -0.2) is 42.5 Å². The molecule has 33 heavy (non-hydrogen) atoms. The molecule has 1 aliphatic heterocycles. The van der Waals surface area contributed by atoms with Crippen LogP contribution in [0, 0.1) is 13.8 Å². The van der Waals surface area contributed by atoms with Gasteiger partial charge in [0, 0.05) is 5.69 Å². The van der Waals surface area contributed by atoms with E-state index in [9.17, 15) is 22.8 Å². The van der Waals surface area contributed by atoms with Crippen molar-refractivity contribution in [3.63, 3.8) is 0 Å². The van der Waals surface area contributed by atoms with E-state index in [-0.39, 0.29) is 36.7 Å². The number of hydrogen-bond acceptors (Lipinski definition) is 5. The normalized spacial score (nSPS) is 17.8. The minimum Gasteiger partial charge on any atom is -0.329 e. The fourth-order valence-corrected chi connectivity index (χ4v) is 6.94. The number of nitrogens with zero attached hydrogens (tertiary/aromatic N) is 1. The molecule has 0 aromatic heterocycles. The molecule has 174 valence electrons. The summed E-state index contributed by atoms with van der Waals surface area (Å²) in [7, 11) is -3.93. The molecular weight excluding hydrogens is 442 g/mol. The van der Waals surface area contributed by atoms with Crippen molar-refractivity contribution in [1.29, 1.82) is 0 Å². The van der Waals surface area contributed by atoms with Crippen LogP contribution < -0.4 is 10.6 Å². The van der Waals surface area contributed by atoms with Crippen LogP contribution >= 0.6 is 0 Å². The molecule has 1 aliphatic carbocycles. The maximum atomic E-state index is 13.8. The summed E-state index contributed by atoms with van der Waals surface area (Å²) in [5.74, 6) is -0.869. The highest BCUT2D eigenvalue weighted by Crippen LogP contribution is 2.42. The summed E-state index contributed by atoms with van der Waals surface area (Å²) in [5.41, 5.74) is 2.51. The Balaban J connectivity index is 1.62. The third kappa shape index (κ3) is 4.13. The number of amides is 4. The molecule has 9 heteroatoms. The fourth-order valence-electron chi connectivity index (χ4n) is 4.56. The fraction of sp³-hybridized carbons (Fsp3) is 0.375. The second kappa shape index (κ2) is 8.62. The van der Waals surface area contributed by atoms with E-state index in [1.54, 1.807) is 43.3 Å². The number of imide groups is 1. The van der Waals surface area contributed by atoms with Crippen LogP contribution in [0.4, 0.5) is 10.5 Å². The van der Waals surface area contributed by atoms with Crippen molar-refractivity contribution < 1.29 is 22.8 Å². The second-order valence-electron chi connectivity index (χ2n) is 8.77. The standard InChI is InChI=1S/C24H27N3O5S/c1-16-8-9-17(2)20(12-16)33(31,32)24(10-3-4-11-24)22(29)26-19-7-5-6-18(13-19)15-27-21(28)14-25-23(27)30/h5-9,12-13H,3-4,10-11,14-15H2,1-2H3,(H,25,30)(H,26,29). The highest BCUT2D eigenvalue weighted by molar-refractivity contribution is 7.93. The number of hydrogen-bond donors (Lipinski definition) is 2. The van der Waals surface area contributed by atoms with Gasteiger partial charge in [-0.05, 0) is 61.6 Å². The maximum Gasteiger partial charge on any atom is 0.324 e. The van der Waals surface area contributed by atoms with Crippen LogP contribution in [0.25, 0.3) is 0 Å². The zero-order valence-electron chi connectivity index (χ0n) is 18.7. The van der Waals surface area contributed by atoms with Crippen molar-refractivity contribution in [2.45, 2.75) is 55.7 Å². The number of anilines is 1. The van der Waals surface area contributed by atoms with Gasteiger partial charge in [-0.15, -0.1) is 0 Å². The van der Waals surface area contributed by atoms with Gasteiger partial charge < -0.3 is 10.6 Å². The van der Waals surface area contributed by atoms with E-state index in [0.717, 1.165) is 10.5 Å². The number of sulfone groups is 1. The summed E-state index contributed by atoms with van der Waals surface area (Å²) >= 11 is 0. The van der Waals surface area contributed by atoms with Gasteiger partial charge in [0.1, 0.15) is 0 Å². The van der Waals surface area contributed by atoms with Gasteiger partial charge in [0.2, 0.25) is 11.8 Å². The van der Waals surface area contributed by atoms with Crippen molar-refractivity contribution in [3.8, 4) is 0 Å². The molecule has 0 radical (unpaired) electrons. The average molecular weight is 470 g/mol. The highest BCUT2D eigenvalue weighted by Gasteiger charge is 2.53. The molecule has 8 nitrogen and oxygen atoms in total. The number of rotatable bonds is 6. The average Bonchev–Trinajstić information content (AvgIpc) is 3.40. The largest absolute Gasteiger partial charge is 0.329 e. The Hall–Kier alpha value is -3.20. The first kappa shape index (κ1) is 23.0. The topological polar surface area (TPSA) is 113 Å². The molecule has 4 rings (SSSR count). The van der Waals surface area contributed by atoms with Gasteiger partial charge in [-0.1, -0.05) is 37.1 Å². The summed E-state index contributed by atoms with van der Waals surface area (Å²) < 4.78 is 26.0. The molecule has 2 N–H and O–H groups in total. The van der Waals surface area contributed by atoms with Crippen molar-refractivity contribution in [2.24, 2.45) is 0 Å². The van der Waals surface area contributed by atoms with Gasteiger partial charge >= 0.3 is 6.03 Å². The lowest BCUT2D eigenvalue weighted by atomic mass is 10.1. The molecular formula is C24H27N3O5S. The maximum absolute atomic E-state index is 13.8. The van der Waals surface area contributed by atoms with E-state index in [4.69, 9.17) is 0 Å². The molecule has 2 aliphatic rings. The van der Waals surface area contributed by atoms with Gasteiger partial charge in [-0.25, -0.2) is 13.2 Å². The molecule has 0 unspecified atom stereocenters. The highest BCUT2D eigenvalue weighted by atomic mass is 32.2. The molecule has 2 aromatic rings. The first-order valence-electron chi connectivity index (χ1n) is 10.9. The molecule has 2 fully saturated rings. The smallest absolute Gasteiger partial charge is 0.324 e. The first-order valence-corrected chi connectivity index (χ1v) is 12.4. The van der Waals surface area contributed by atoms with Crippen LogP contribution in [-0.2, 0) is 26.0 Å². The van der Waals surface area contributed by atoms with E-state index >= 15 is 0 Å². The van der Waals surface area contributed by atoms with Gasteiger partial charge in [0.25, 0.3) is 0 Å². The number of aryl methyl sites for hydroxylation is 2. The summed E-state index contributed by atoms with van der Waals surface area (Å²) in [5, 5.41) is 5.27. The lowest BCUT2D eigenvalue weighted by Crippen LogP contribution is -2.47. The van der Waals surface area contributed by atoms with Crippen molar-refractivity contribution in [3.05, 3.63) is 59.2 Å². The summed E-state index contributed by atoms with van der Waals surface area (Å²) in [6.07, 6.45) is 1.83. The van der Waals surface area contributed by atoms with E-state index in [1.807, 2.05) is 13.0 Å². The molecule has 0 atom stereocenters. The van der Waals surface area contributed by atoms with Crippen molar-refractivity contribution in [1.82, 2.24) is 10.2 Å². The molecule has 1 heterocycles. The van der Waals surface area contributed by atoms with Gasteiger partial charge in [-0.2, -0.15) is 0 Å². The third-order valence-corrected chi connectivity index (χ3v) is 9.08. The van der Waals surface area contributed by atoms with Crippen LogP contribution in [0.2, 0.25) is 0 Å². The molecule has 0 bridgehead atoms. The van der Waals surface area contributed by atoms with E-state index in [2.05, 4.69) is 10.6 Å². The zero-order valence-corrected chi connectivity index (χ0v) is 19.5. The van der Waals surface area contributed by atoms with E-state index in [0.29, 0.717) is 29.7 Å². The summed E-state index contributed by atoms with van der Waals surface area (Å²) in [4.78, 5) is 38.5. The molecule has 0 spiro atoms. The number of benzene rings is 2. The molecule has 1 saturated heterocycles. The van der Waals surface area contributed by atoms with Crippen LogP contribution in [0.5, 0.6) is 0 Å². The van der Waals surface area contributed by atoms with Gasteiger partial charge in [0.05, 0.1) is 18.0 Å². The lowest BCUT2D eigenvalue weighted by molar-refractivity contribution is -0.125. The number of nitrogens with one attached hydrogen (secondary N) is 2. The monoisotopic (exact) mass is 469 g/mol. The Kier molecular flexibility index (Phi) is 6.00. The van der Waals surface area contributed by atoms with Crippen molar-refractivity contribution >= 4 is 33.4 Å². The van der Waals surface area contributed by atoms with Crippen LogP contribution in [0.1, 0.15) is 42.4 Å². The van der Waals surface area contributed by atoms with Gasteiger partial charge in [0.15, 0.2) is 14.6 Å². The number of carbonyl (C=O) groups excluding carboxylic acids is 3. The number of carbonyl (C=O) groups is 3. The van der Waals surface area contributed by atoms with Gasteiger partial charge in [-0.3, -0.25) is 14.5 Å². The minimum absolute atomic E-state index is 0.0337. The second-order valence-corrected chi connectivity index (χ2v) is 11.0. The Morgan fingerprint density at radius 2 is 1.82 bits per heavy atom. The van der Waals surface area contributed by atoms with Crippen molar-refractivity contribution in [2.75, 3.05) is 11.9 Å². The number of urea groups is 1. The van der Waals surface area contributed by atoms with Crippen LogP contribution in [0.15, 0.2) is 47.4 Å². The summed E-state index contributed by atoms with van der Waals surface area (Å²) in [6.45, 7) is 3.61. The Labute approximate surface area is 193 Å². The molecule has 2 aromatic carbocycles.